The molecule has 24 heavy (non-hydrogen) atoms. The van der Waals surface area contributed by atoms with E-state index in [4.69, 9.17) is 0 Å². The normalized spacial score (nSPS) is 10.4. The SMILES string of the molecule is CCC[CH2][Sn+2][CH2]CCC.CCC[CH2][Sn]([OH])([CH2]CCC)[CH2]CCC.[O-2]. The van der Waals surface area contributed by atoms with Crippen molar-refractivity contribution in [2.24, 2.45) is 0 Å². The summed E-state index contributed by atoms with van der Waals surface area (Å²) in [4.78, 5) is 0. The molecule has 0 aliphatic carbocycles. The number of rotatable bonds is 15. The summed E-state index contributed by atoms with van der Waals surface area (Å²) in [7, 11) is 0. The molecule has 0 rings (SSSR count). The summed E-state index contributed by atoms with van der Waals surface area (Å²) in [6.45, 7) is 11.3. The molecule has 0 atom stereocenters. The first-order valence-electron chi connectivity index (χ1n) is 10.5. The molecule has 0 amide bonds. The molecule has 0 spiro atoms. The summed E-state index contributed by atoms with van der Waals surface area (Å²) in [6, 6.07) is 0. The van der Waals surface area contributed by atoms with Gasteiger partial charge in [-0.05, 0) is 0 Å². The Morgan fingerprint density at radius 1 is 0.583 bits per heavy atom. The molecule has 0 aromatic carbocycles. The Bertz CT molecular complexity index is 186. The molecule has 0 unspecified atom stereocenters. The summed E-state index contributed by atoms with van der Waals surface area (Å²) in [6.07, 6.45) is 13.4. The van der Waals surface area contributed by atoms with Crippen LogP contribution >= 0.6 is 0 Å². The Kier molecular flexibility index (Phi) is 30.9. The quantitative estimate of drug-likeness (QED) is 0.167. The Morgan fingerprint density at radius 3 is 1.12 bits per heavy atom. The van der Waals surface area contributed by atoms with E-state index in [0.29, 0.717) is 0 Å². The molecule has 0 fully saturated rings. The number of hydrogen-bond acceptors (Lipinski definition) is 1. The molecule has 0 aliphatic heterocycles. The van der Waals surface area contributed by atoms with Crippen molar-refractivity contribution in [3.05, 3.63) is 0 Å². The minimum atomic E-state index is -2.56. The van der Waals surface area contributed by atoms with Gasteiger partial charge in [0, 0.05) is 0 Å². The molecule has 2 nitrogen and oxygen atoms in total. The molecule has 1 N–H and O–H groups in total. The van der Waals surface area contributed by atoms with Gasteiger partial charge < -0.3 is 5.48 Å². The van der Waals surface area contributed by atoms with Crippen LogP contribution in [0.3, 0.4) is 0 Å². The van der Waals surface area contributed by atoms with Gasteiger partial charge in [-0.3, -0.25) is 0 Å². The van der Waals surface area contributed by atoms with E-state index >= 15 is 0 Å². The minimum absolute atomic E-state index is 0. The van der Waals surface area contributed by atoms with Gasteiger partial charge in [-0.1, -0.05) is 0 Å². The first kappa shape index (κ1) is 30.3. The van der Waals surface area contributed by atoms with Crippen molar-refractivity contribution in [3.63, 3.8) is 0 Å². The van der Waals surface area contributed by atoms with Crippen LogP contribution < -0.4 is 0 Å². The van der Waals surface area contributed by atoms with E-state index in [-0.39, 0.29) is 26.6 Å². The Balaban J connectivity index is -0.000000385. The number of hydrogen-bond donors (Lipinski definition) is 1. The first-order chi connectivity index (χ1) is 11.1. The fourth-order valence-corrected chi connectivity index (χ4v) is 17.6. The standard InChI is InChI=1S/5C4H9.H2O.O.2Sn/c5*1-3-4-2;;;;/h5*1,3-4H2,2H3;1H2;;;/q;;;;;;-2;+1;+2/p-1. The first-order valence-corrected chi connectivity index (χ1v) is 21.9. The maximum absolute atomic E-state index is 10.6. The van der Waals surface area contributed by atoms with Gasteiger partial charge in [-0.15, -0.1) is 0 Å². The van der Waals surface area contributed by atoms with Gasteiger partial charge in [-0.25, -0.2) is 0 Å². The largest absolute Gasteiger partial charge is 2.00 e. The van der Waals surface area contributed by atoms with Crippen LogP contribution in [0, 0.1) is 0 Å². The number of unbranched alkanes of at least 4 members (excludes halogenated alkanes) is 5. The molecule has 0 aliphatic rings. The fraction of sp³-hybridized carbons (Fsp3) is 1.00. The van der Waals surface area contributed by atoms with Crippen LogP contribution in [0.25, 0.3) is 0 Å². The second-order valence-corrected chi connectivity index (χ2v) is 22.5. The van der Waals surface area contributed by atoms with Gasteiger partial charge in [0.25, 0.3) is 0 Å². The zero-order chi connectivity index (χ0) is 17.8. The zero-order valence-corrected chi connectivity index (χ0v) is 23.2. The molecule has 0 heterocycles. The average Bonchev–Trinajstić information content (AvgIpc) is 2.57. The van der Waals surface area contributed by atoms with Crippen LogP contribution in [0.4, 0.5) is 0 Å². The van der Waals surface area contributed by atoms with Crippen molar-refractivity contribution in [3.8, 4) is 0 Å². The molecule has 0 aromatic rings. The van der Waals surface area contributed by atoms with Crippen molar-refractivity contribution in [2.75, 3.05) is 0 Å². The molecule has 0 radical (unpaired) electrons. The van der Waals surface area contributed by atoms with E-state index in [1.807, 2.05) is 0 Å². The van der Waals surface area contributed by atoms with E-state index in [1.165, 1.54) is 77.5 Å². The molecular formula is C20H46O2Sn2. The van der Waals surface area contributed by atoms with E-state index in [1.54, 1.807) is 8.87 Å². The third kappa shape index (κ3) is 23.5. The predicted octanol–water partition coefficient (Wildman–Crippen LogP) is 7.33. The van der Waals surface area contributed by atoms with Crippen molar-refractivity contribution >= 4 is 39.9 Å². The summed E-state index contributed by atoms with van der Waals surface area (Å²) >= 11 is -2.41. The van der Waals surface area contributed by atoms with E-state index in [9.17, 15) is 3.44 Å². The Labute approximate surface area is 168 Å². The molecule has 0 saturated carbocycles. The molecule has 0 aromatic heterocycles. The van der Waals surface area contributed by atoms with Crippen molar-refractivity contribution in [2.45, 2.75) is 121 Å². The summed E-state index contributed by atoms with van der Waals surface area (Å²) in [5.74, 6) is 0. The second-order valence-electron chi connectivity index (χ2n) is 6.99. The zero-order valence-electron chi connectivity index (χ0n) is 17.5. The topological polar surface area (TPSA) is 48.7 Å². The van der Waals surface area contributed by atoms with Gasteiger partial charge in [-0.2, -0.15) is 0 Å². The average molecular weight is 556 g/mol. The Morgan fingerprint density at radius 2 is 0.875 bits per heavy atom. The molecular weight excluding hydrogens is 510 g/mol. The summed E-state index contributed by atoms with van der Waals surface area (Å²) < 4.78 is 17.5. The second kappa shape index (κ2) is 24.5. The minimum Gasteiger partial charge on any atom is -2.00 e. The van der Waals surface area contributed by atoms with E-state index < -0.39 is 18.8 Å². The van der Waals surface area contributed by atoms with E-state index in [0.717, 1.165) is 0 Å². The Hall–Kier alpha value is 1.52. The van der Waals surface area contributed by atoms with Crippen LogP contribution in [0.5, 0.6) is 0 Å². The van der Waals surface area contributed by atoms with Crippen LogP contribution in [0.15, 0.2) is 0 Å². The van der Waals surface area contributed by atoms with Crippen LogP contribution in [-0.2, 0) is 5.48 Å². The van der Waals surface area contributed by atoms with Crippen LogP contribution in [-0.4, -0.2) is 43.4 Å². The molecule has 146 valence electrons. The summed E-state index contributed by atoms with van der Waals surface area (Å²) in [5.41, 5.74) is 0. The third-order valence-electron chi connectivity index (χ3n) is 4.40. The maximum atomic E-state index is 10.6. The molecule has 0 saturated heterocycles. The third-order valence-corrected chi connectivity index (χ3v) is 19.4. The van der Waals surface area contributed by atoms with E-state index in [2.05, 4.69) is 34.6 Å². The summed E-state index contributed by atoms with van der Waals surface area (Å²) in [5, 5.41) is 0. The predicted molar refractivity (Wildman–Crippen MR) is 113 cm³/mol. The molecule has 0 bridgehead atoms. The van der Waals surface area contributed by atoms with Crippen molar-refractivity contribution in [1.29, 1.82) is 0 Å². The van der Waals surface area contributed by atoms with Gasteiger partial charge in [0.15, 0.2) is 0 Å². The maximum Gasteiger partial charge on any atom is -2.00 e. The van der Waals surface area contributed by atoms with Gasteiger partial charge in [0.05, 0.1) is 0 Å². The van der Waals surface area contributed by atoms with Crippen LogP contribution in [0.1, 0.15) is 98.8 Å². The van der Waals surface area contributed by atoms with Gasteiger partial charge >= 0.3 is 164 Å². The fourth-order valence-electron chi connectivity index (χ4n) is 2.62. The van der Waals surface area contributed by atoms with Crippen molar-refractivity contribution in [1.82, 2.24) is 0 Å². The smallest absolute Gasteiger partial charge is 2.00 e. The van der Waals surface area contributed by atoms with Gasteiger partial charge in [0.1, 0.15) is 0 Å². The van der Waals surface area contributed by atoms with Crippen LogP contribution in [0.2, 0.25) is 22.2 Å². The van der Waals surface area contributed by atoms with Crippen molar-refractivity contribution < 1.29 is 8.92 Å². The monoisotopic (exact) mass is 558 g/mol. The molecule has 4 heteroatoms. The van der Waals surface area contributed by atoms with Gasteiger partial charge in [0.2, 0.25) is 0 Å².